The van der Waals surface area contributed by atoms with Gasteiger partial charge >= 0.3 is 5.97 Å². The molecule has 140 valence electrons. The van der Waals surface area contributed by atoms with Crippen LogP contribution in [-0.4, -0.2) is 34.6 Å². The lowest BCUT2D eigenvalue weighted by molar-refractivity contribution is -0.151. The molecule has 0 N–H and O–H groups in total. The van der Waals surface area contributed by atoms with Gasteiger partial charge in [0.05, 0.1) is 12.1 Å². The Kier molecular flexibility index (Phi) is 5.26. The number of carbonyl (C=O) groups is 1. The van der Waals surface area contributed by atoms with Crippen LogP contribution in [0, 0.1) is 0 Å². The molecule has 2 heterocycles. The smallest absolute Gasteiger partial charge is 0.323 e. The van der Waals surface area contributed by atoms with Crippen LogP contribution in [0.4, 0.5) is 0 Å². The van der Waals surface area contributed by atoms with Crippen molar-refractivity contribution in [1.82, 2.24) is 9.47 Å². The summed E-state index contributed by atoms with van der Waals surface area (Å²) in [5, 5.41) is 1.22. The van der Waals surface area contributed by atoms with Gasteiger partial charge in [-0.3, -0.25) is 9.69 Å². The first-order chi connectivity index (χ1) is 13.3. The number of likely N-dealkylation sites (tertiary alicyclic amines) is 1. The molecule has 1 saturated heterocycles. The van der Waals surface area contributed by atoms with Crippen molar-refractivity contribution in [2.45, 2.75) is 38.8 Å². The molecule has 1 unspecified atom stereocenters. The lowest BCUT2D eigenvalue weighted by atomic mass is 10.0. The van der Waals surface area contributed by atoms with E-state index in [4.69, 9.17) is 4.74 Å². The predicted molar refractivity (Wildman–Crippen MR) is 108 cm³/mol. The molecule has 1 fully saturated rings. The van der Waals surface area contributed by atoms with Crippen molar-refractivity contribution in [3.63, 3.8) is 0 Å². The number of hydrogen-bond donors (Lipinski definition) is 0. The Labute approximate surface area is 160 Å². The van der Waals surface area contributed by atoms with Crippen LogP contribution < -0.4 is 0 Å². The van der Waals surface area contributed by atoms with Gasteiger partial charge in [0.15, 0.2) is 0 Å². The van der Waals surface area contributed by atoms with Gasteiger partial charge in [0.1, 0.15) is 6.04 Å². The molecular weight excluding hydrogens is 336 g/mol. The Morgan fingerprint density at radius 1 is 1.07 bits per heavy atom. The maximum absolute atomic E-state index is 12.5. The maximum atomic E-state index is 12.5. The lowest BCUT2D eigenvalue weighted by Gasteiger charge is -2.34. The molecule has 0 radical (unpaired) electrons. The molecule has 0 aliphatic carbocycles. The number of hydrogen-bond acceptors (Lipinski definition) is 3. The molecule has 2 aromatic carbocycles. The fraction of sp³-hybridized carbons (Fsp3) is 0.348. The zero-order chi connectivity index (χ0) is 18.6. The van der Waals surface area contributed by atoms with E-state index in [1.165, 1.54) is 16.6 Å². The van der Waals surface area contributed by atoms with Crippen LogP contribution in [0.1, 0.15) is 31.9 Å². The van der Waals surface area contributed by atoms with E-state index < -0.39 is 0 Å². The highest BCUT2D eigenvalue weighted by molar-refractivity contribution is 5.83. The predicted octanol–water partition coefficient (Wildman–Crippen LogP) is 4.55. The van der Waals surface area contributed by atoms with Crippen LogP contribution in [0.3, 0.4) is 0 Å². The third kappa shape index (κ3) is 3.62. The summed E-state index contributed by atoms with van der Waals surface area (Å²) in [5.74, 6) is -0.0837. The van der Waals surface area contributed by atoms with E-state index in [9.17, 15) is 4.79 Å². The van der Waals surface area contributed by atoms with Crippen molar-refractivity contribution in [3.05, 3.63) is 66.4 Å². The standard InChI is InChI=1S/C23H26N2O2/c1-2-27-23(26)22-14-8-9-15-24(22)17-20-16-18-10-6-7-13-21(18)25(20)19-11-4-3-5-12-19/h3-7,10-13,16,22H,2,8-9,14-15,17H2,1H3. The zero-order valence-electron chi connectivity index (χ0n) is 15.8. The largest absolute Gasteiger partial charge is 0.465 e. The molecule has 0 bridgehead atoms. The van der Waals surface area contributed by atoms with Gasteiger partial charge in [0, 0.05) is 23.3 Å². The van der Waals surface area contributed by atoms with Crippen LogP contribution in [0.15, 0.2) is 60.7 Å². The summed E-state index contributed by atoms with van der Waals surface area (Å²) in [4.78, 5) is 14.7. The minimum Gasteiger partial charge on any atom is -0.465 e. The fourth-order valence-electron chi connectivity index (χ4n) is 4.10. The molecule has 1 aromatic heterocycles. The van der Waals surface area contributed by atoms with Crippen LogP contribution in [0.2, 0.25) is 0 Å². The summed E-state index contributed by atoms with van der Waals surface area (Å²) in [6.07, 6.45) is 3.09. The molecule has 27 heavy (non-hydrogen) atoms. The summed E-state index contributed by atoms with van der Waals surface area (Å²) in [6.45, 7) is 3.98. The highest BCUT2D eigenvalue weighted by atomic mass is 16.5. The monoisotopic (exact) mass is 362 g/mol. The molecule has 4 rings (SSSR count). The fourth-order valence-corrected chi connectivity index (χ4v) is 4.10. The second kappa shape index (κ2) is 7.97. The van der Waals surface area contributed by atoms with E-state index >= 15 is 0 Å². The van der Waals surface area contributed by atoms with Crippen molar-refractivity contribution in [2.24, 2.45) is 0 Å². The number of piperidine rings is 1. The summed E-state index contributed by atoms with van der Waals surface area (Å²) in [5.41, 5.74) is 3.56. The van der Waals surface area contributed by atoms with Crippen molar-refractivity contribution >= 4 is 16.9 Å². The number of esters is 1. The van der Waals surface area contributed by atoms with Gasteiger partial charge in [-0.25, -0.2) is 0 Å². The minimum atomic E-state index is -0.138. The van der Waals surface area contributed by atoms with E-state index in [1.54, 1.807) is 0 Å². The Morgan fingerprint density at radius 3 is 2.67 bits per heavy atom. The SMILES string of the molecule is CCOC(=O)C1CCCCN1Cc1cc2ccccc2n1-c1ccccc1. The van der Waals surface area contributed by atoms with Crippen molar-refractivity contribution in [1.29, 1.82) is 0 Å². The molecule has 1 aliphatic rings. The number of nitrogens with zero attached hydrogens (tertiary/aromatic N) is 2. The van der Waals surface area contributed by atoms with Gasteiger partial charge in [-0.05, 0) is 50.6 Å². The Balaban J connectivity index is 1.72. The quantitative estimate of drug-likeness (QED) is 0.625. The number of carbonyl (C=O) groups excluding carboxylic acids is 1. The summed E-state index contributed by atoms with van der Waals surface area (Å²) in [6, 6.07) is 21.0. The van der Waals surface area contributed by atoms with Gasteiger partial charge in [-0.2, -0.15) is 0 Å². The highest BCUT2D eigenvalue weighted by Gasteiger charge is 2.30. The maximum Gasteiger partial charge on any atom is 0.323 e. The van der Waals surface area contributed by atoms with E-state index in [2.05, 4.69) is 64.1 Å². The Morgan fingerprint density at radius 2 is 1.85 bits per heavy atom. The summed E-state index contributed by atoms with van der Waals surface area (Å²) >= 11 is 0. The van der Waals surface area contributed by atoms with E-state index in [-0.39, 0.29) is 12.0 Å². The second-order valence-corrected chi connectivity index (χ2v) is 7.10. The van der Waals surface area contributed by atoms with Crippen LogP contribution in [-0.2, 0) is 16.1 Å². The van der Waals surface area contributed by atoms with Gasteiger partial charge < -0.3 is 9.30 Å². The first-order valence-electron chi connectivity index (χ1n) is 9.83. The number of benzene rings is 2. The first-order valence-corrected chi connectivity index (χ1v) is 9.83. The normalized spacial score (nSPS) is 17.9. The van der Waals surface area contributed by atoms with Crippen LogP contribution in [0.25, 0.3) is 16.6 Å². The van der Waals surface area contributed by atoms with Crippen molar-refractivity contribution < 1.29 is 9.53 Å². The molecule has 1 atom stereocenters. The van der Waals surface area contributed by atoms with Crippen LogP contribution in [0.5, 0.6) is 0 Å². The van der Waals surface area contributed by atoms with Crippen molar-refractivity contribution in [3.8, 4) is 5.69 Å². The van der Waals surface area contributed by atoms with E-state index in [0.29, 0.717) is 6.61 Å². The average Bonchev–Trinajstić information content (AvgIpc) is 3.07. The molecule has 0 saturated carbocycles. The summed E-state index contributed by atoms with van der Waals surface area (Å²) in [7, 11) is 0. The van der Waals surface area contributed by atoms with Crippen LogP contribution >= 0.6 is 0 Å². The van der Waals surface area contributed by atoms with E-state index in [0.717, 1.165) is 38.0 Å². The number of ether oxygens (including phenoxy) is 1. The first kappa shape index (κ1) is 17.8. The average molecular weight is 362 g/mol. The molecule has 1 aliphatic heterocycles. The Hall–Kier alpha value is -2.59. The van der Waals surface area contributed by atoms with Gasteiger partial charge in [0.25, 0.3) is 0 Å². The topological polar surface area (TPSA) is 34.5 Å². The number of fused-ring (bicyclic) bond motifs is 1. The second-order valence-electron chi connectivity index (χ2n) is 7.10. The van der Waals surface area contributed by atoms with Gasteiger partial charge in [-0.15, -0.1) is 0 Å². The third-order valence-corrected chi connectivity index (χ3v) is 5.34. The highest BCUT2D eigenvalue weighted by Crippen LogP contribution is 2.28. The zero-order valence-corrected chi connectivity index (χ0v) is 15.8. The van der Waals surface area contributed by atoms with Gasteiger partial charge in [0.2, 0.25) is 0 Å². The minimum absolute atomic E-state index is 0.0837. The van der Waals surface area contributed by atoms with Gasteiger partial charge in [-0.1, -0.05) is 42.8 Å². The number of aromatic nitrogens is 1. The third-order valence-electron chi connectivity index (χ3n) is 5.34. The molecule has 3 aromatic rings. The lowest BCUT2D eigenvalue weighted by Crippen LogP contribution is -2.45. The Bertz CT molecular complexity index is 917. The number of para-hydroxylation sites is 2. The molecule has 4 nitrogen and oxygen atoms in total. The molecule has 0 amide bonds. The van der Waals surface area contributed by atoms with Crippen molar-refractivity contribution in [2.75, 3.05) is 13.2 Å². The molecular formula is C23H26N2O2. The number of rotatable bonds is 5. The summed E-state index contributed by atoms with van der Waals surface area (Å²) < 4.78 is 7.65. The molecule has 4 heteroatoms. The molecule has 0 spiro atoms. The van der Waals surface area contributed by atoms with E-state index in [1.807, 2.05) is 13.0 Å².